The van der Waals surface area contributed by atoms with Crippen LogP contribution < -0.4 is 5.73 Å². The van der Waals surface area contributed by atoms with Gasteiger partial charge in [0.15, 0.2) is 0 Å². The van der Waals surface area contributed by atoms with Gasteiger partial charge in [-0.25, -0.2) is 0 Å². The molecule has 0 aromatic carbocycles. The van der Waals surface area contributed by atoms with Crippen molar-refractivity contribution >= 4 is 17.7 Å². The first-order chi connectivity index (χ1) is 8.09. The summed E-state index contributed by atoms with van der Waals surface area (Å²) in [6.07, 6.45) is 3.46. The molecule has 0 radical (unpaired) electrons. The first-order valence-electron chi connectivity index (χ1n) is 5.72. The fourth-order valence-electron chi connectivity index (χ4n) is 1.98. The fourth-order valence-corrected chi connectivity index (χ4v) is 2.99. The lowest BCUT2D eigenvalue weighted by Gasteiger charge is -2.34. The van der Waals surface area contributed by atoms with Gasteiger partial charge in [-0.05, 0) is 6.92 Å². The Labute approximate surface area is 105 Å². The van der Waals surface area contributed by atoms with Gasteiger partial charge in [0, 0.05) is 42.9 Å². The Balaban J connectivity index is 2.08. The first kappa shape index (κ1) is 12.4. The summed E-state index contributed by atoms with van der Waals surface area (Å²) in [4.78, 5) is 14.2. The zero-order valence-electron chi connectivity index (χ0n) is 10.2. The molecule has 5 nitrogen and oxygen atoms in total. The molecule has 1 saturated heterocycles. The Morgan fingerprint density at radius 3 is 3.06 bits per heavy atom. The minimum absolute atomic E-state index is 0.00537. The van der Waals surface area contributed by atoms with Crippen LogP contribution in [0.5, 0.6) is 0 Å². The Morgan fingerprint density at radius 2 is 2.47 bits per heavy atom. The summed E-state index contributed by atoms with van der Waals surface area (Å²) in [7, 11) is 1.82. The molecule has 1 aliphatic rings. The molecule has 0 saturated carbocycles. The smallest absolute Gasteiger partial charge is 0.244 e. The molecule has 94 valence electrons. The zero-order valence-corrected chi connectivity index (χ0v) is 11.0. The predicted molar refractivity (Wildman–Crippen MR) is 68.6 cm³/mol. The number of nitrogens with zero attached hydrogens (tertiary/aromatic N) is 3. The fraction of sp³-hybridized carbons (Fsp3) is 0.636. The molecule has 2 atom stereocenters. The topological polar surface area (TPSA) is 64.2 Å². The van der Waals surface area contributed by atoms with Gasteiger partial charge in [0.05, 0.1) is 6.20 Å². The maximum absolute atomic E-state index is 12.3. The number of thioether (sulfide) groups is 1. The average Bonchev–Trinajstić information content (AvgIpc) is 2.75. The van der Waals surface area contributed by atoms with Gasteiger partial charge in [-0.3, -0.25) is 9.48 Å². The summed E-state index contributed by atoms with van der Waals surface area (Å²) in [5.74, 6) is 1.99. The lowest BCUT2D eigenvalue weighted by Crippen LogP contribution is -2.48. The largest absolute Gasteiger partial charge is 0.337 e. The van der Waals surface area contributed by atoms with Crippen LogP contribution >= 0.6 is 11.8 Å². The Morgan fingerprint density at radius 1 is 1.71 bits per heavy atom. The number of rotatable bonds is 2. The van der Waals surface area contributed by atoms with Crippen molar-refractivity contribution in [1.29, 1.82) is 0 Å². The van der Waals surface area contributed by atoms with E-state index in [1.165, 1.54) is 0 Å². The molecular formula is C11H18N4OS. The normalized spacial score (nSPS) is 22.5. The maximum Gasteiger partial charge on any atom is 0.244 e. The highest BCUT2D eigenvalue weighted by atomic mass is 32.2. The first-order valence-corrected chi connectivity index (χ1v) is 6.87. The number of hydrogen-bond donors (Lipinski definition) is 1. The van der Waals surface area contributed by atoms with Crippen molar-refractivity contribution in [2.75, 3.05) is 18.1 Å². The number of aromatic nitrogens is 2. The maximum atomic E-state index is 12.3. The third-order valence-electron chi connectivity index (χ3n) is 3.00. The molecule has 1 amide bonds. The van der Waals surface area contributed by atoms with Crippen molar-refractivity contribution in [2.24, 2.45) is 12.8 Å². The molecule has 2 rings (SSSR count). The Hall–Kier alpha value is -1.01. The van der Waals surface area contributed by atoms with Crippen molar-refractivity contribution in [3.05, 3.63) is 18.0 Å². The van der Waals surface area contributed by atoms with Crippen molar-refractivity contribution in [1.82, 2.24) is 14.7 Å². The SMILES string of the molecule is CC1CSCCN1C(=O)C(N)c1cnn(C)c1. The summed E-state index contributed by atoms with van der Waals surface area (Å²) in [6.45, 7) is 2.86. The van der Waals surface area contributed by atoms with Crippen LogP contribution in [0.1, 0.15) is 18.5 Å². The van der Waals surface area contributed by atoms with Crippen LogP contribution in [0.3, 0.4) is 0 Å². The van der Waals surface area contributed by atoms with Crippen molar-refractivity contribution < 1.29 is 4.79 Å². The summed E-state index contributed by atoms with van der Waals surface area (Å²) in [5, 5.41) is 4.05. The van der Waals surface area contributed by atoms with E-state index in [1.807, 2.05) is 23.7 Å². The van der Waals surface area contributed by atoms with E-state index in [-0.39, 0.29) is 11.9 Å². The molecule has 1 aliphatic heterocycles. The third-order valence-corrected chi connectivity index (χ3v) is 4.19. The van der Waals surface area contributed by atoms with E-state index in [1.54, 1.807) is 17.1 Å². The second-order valence-corrected chi connectivity index (χ2v) is 5.53. The quantitative estimate of drug-likeness (QED) is 0.829. The molecule has 1 aromatic heterocycles. The van der Waals surface area contributed by atoms with Gasteiger partial charge < -0.3 is 10.6 Å². The van der Waals surface area contributed by atoms with Crippen LogP contribution in [0.25, 0.3) is 0 Å². The van der Waals surface area contributed by atoms with E-state index in [9.17, 15) is 4.79 Å². The van der Waals surface area contributed by atoms with Gasteiger partial charge >= 0.3 is 0 Å². The molecule has 17 heavy (non-hydrogen) atoms. The molecule has 2 heterocycles. The number of nitrogens with two attached hydrogens (primary N) is 1. The van der Waals surface area contributed by atoms with E-state index in [4.69, 9.17) is 5.73 Å². The van der Waals surface area contributed by atoms with Crippen molar-refractivity contribution in [3.8, 4) is 0 Å². The predicted octanol–water partition coefficient (Wildman–Crippen LogP) is 0.384. The number of carbonyl (C=O) groups excluding carboxylic acids is 1. The van der Waals surface area contributed by atoms with Crippen LogP contribution in [-0.2, 0) is 11.8 Å². The van der Waals surface area contributed by atoms with Crippen LogP contribution in [0.4, 0.5) is 0 Å². The standard InChI is InChI=1S/C11H18N4OS/c1-8-7-17-4-3-15(8)11(16)10(12)9-5-13-14(2)6-9/h5-6,8,10H,3-4,7,12H2,1-2H3. The molecule has 0 aliphatic carbocycles. The zero-order chi connectivity index (χ0) is 12.4. The van der Waals surface area contributed by atoms with E-state index in [0.717, 1.165) is 23.6 Å². The van der Waals surface area contributed by atoms with Crippen molar-refractivity contribution in [2.45, 2.75) is 19.0 Å². The number of carbonyl (C=O) groups is 1. The number of hydrogen-bond acceptors (Lipinski definition) is 4. The lowest BCUT2D eigenvalue weighted by molar-refractivity contribution is -0.134. The average molecular weight is 254 g/mol. The molecule has 0 spiro atoms. The summed E-state index contributed by atoms with van der Waals surface area (Å²) < 4.78 is 1.66. The number of amides is 1. The Bertz CT molecular complexity index is 406. The van der Waals surface area contributed by atoms with E-state index in [0.29, 0.717) is 0 Å². The molecule has 1 aromatic rings. The minimum Gasteiger partial charge on any atom is -0.337 e. The van der Waals surface area contributed by atoms with E-state index in [2.05, 4.69) is 12.0 Å². The van der Waals surface area contributed by atoms with E-state index >= 15 is 0 Å². The van der Waals surface area contributed by atoms with Gasteiger partial charge in [-0.2, -0.15) is 16.9 Å². The summed E-state index contributed by atoms with van der Waals surface area (Å²) in [6, 6.07) is -0.321. The van der Waals surface area contributed by atoms with Crippen LogP contribution in [0, 0.1) is 0 Å². The van der Waals surface area contributed by atoms with Gasteiger partial charge in [0.1, 0.15) is 6.04 Å². The Kier molecular flexibility index (Phi) is 3.73. The molecule has 1 fully saturated rings. The molecule has 2 unspecified atom stereocenters. The van der Waals surface area contributed by atoms with Gasteiger partial charge in [-0.15, -0.1) is 0 Å². The second kappa shape index (κ2) is 5.10. The van der Waals surface area contributed by atoms with Crippen LogP contribution in [0.15, 0.2) is 12.4 Å². The van der Waals surface area contributed by atoms with Gasteiger partial charge in [0.2, 0.25) is 5.91 Å². The van der Waals surface area contributed by atoms with Crippen LogP contribution in [-0.4, -0.2) is 44.7 Å². The number of aryl methyl sites for hydroxylation is 1. The highest BCUT2D eigenvalue weighted by molar-refractivity contribution is 7.99. The highest BCUT2D eigenvalue weighted by Crippen LogP contribution is 2.20. The van der Waals surface area contributed by atoms with Crippen LogP contribution in [0.2, 0.25) is 0 Å². The molecule has 0 bridgehead atoms. The molecule has 2 N–H and O–H groups in total. The monoisotopic (exact) mass is 254 g/mol. The third kappa shape index (κ3) is 2.63. The summed E-state index contributed by atoms with van der Waals surface area (Å²) in [5.41, 5.74) is 6.77. The van der Waals surface area contributed by atoms with Gasteiger partial charge in [0.25, 0.3) is 0 Å². The second-order valence-electron chi connectivity index (χ2n) is 4.38. The minimum atomic E-state index is -0.589. The lowest BCUT2D eigenvalue weighted by atomic mass is 10.1. The van der Waals surface area contributed by atoms with Crippen molar-refractivity contribution in [3.63, 3.8) is 0 Å². The van der Waals surface area contributed by atoms with Gasteiger partial charge in [-0.1, -0.05) is 0 Å². The summed E-state index contributed by atoms with van der Waals surface area (Å²) >= 11 is 1.88. The molecular weight excluding hydrogens is 236 g/mol. The highest BCUT2D eigenvalue weighted by Gasteiger charge is 2.28. The van der Waals surface area contributed by atoms with E-state index < -0.39 is 6.04 Å². The molecule has 6 heteroatoms.